The van der Waals surface area contributed by atoms with Crippen molar-refractivity contribution in [2.75, 3.05) is 23.7 Å². The molecule has 7 heteroatoms. The summed E-state index contributed by atoms with van der Waals surface area (Å²) in [4.78, 5) is 13.1. The maximum Gasteiger partial charge on any atom is 0.236 e. The van der Waals surface area contributed by atoms with Crippen molar-refractivity contribution in [1.82, 2.24) is 5.32 Å². The van der Waals surface area contributed by atoms with E-state index in [1.807, 2.05) is 6.07 Å². The molecule has 1 fully saturated rings. The van der Waals surface area contributed by atoms with Gasteiger partial charge in [-0.15, -0.1) is 5.10 Å². The van der Waals surface area contributed by atoms with Crippen LogP contribution in [-0.4, -0.2) is 41.2 Å². The minimum Gasteiger partial charge on any atom is -0.507 e. The summed E-state index contributed by atoms with van der Waals surface area (Å²) >= 11 is 1.31. The normalized spacial score (nSPS) is 16.7. The Kier molecular flexibility index (Phi) is 5.21. The van der Waals surface area contributed by atoms with Gasteiger partial charge in [-0.3, -0.25) is 4.79 Å². The minimum atomic E-state index is -0.0691. The Labute approximate surface area is 127 Å². The quantitative estimate of drug-likeness (QED) is 0.642. The van der Waals surface area contributed by atoms with Gasteiger partial charge >= 0.3 is 0 Å². The highest BCUT2D eigenvalue weighted by atomic mass is 32.2. The van der Waals surface area contributed by atoms with Crippen LogP contribution in [0.1, 0.15) is 19.4 Å². The van der Waals surface area contributed by atoms with Crippen LogP contribution in [0.25, 0.3) is 0 Å². The number of aromatic hydroxyl groups is 1. The average molecular weight is 306 g/mol. The first-order valence-electron chi connectivity index (χ1n) is 6.75. The van der Waals surface area contributed by atoms with Crippen molar-refractivity contribution in [3.63, 3.8) is 0 Å². The van der Waals surface area contributed by atoms with Gasteiger partial charge in [0.15, 0.2) is 5.17 Å². The summed E-state index contributed by atoms with van der Waals surface area (Å²) < 4.78 is 0. The third kappa shape index (κ3) is 3.98. The summed E-state index contributed by atoms with van der Waals surface area (Å²) in [5, 5.41) is 20.9. The van der Waals surface area contributed by atoms with E-state index in [0.29, 0.717) is 16.5 Å². The number of benzene rings is 1. The maximum atomic E-state index is 11.0. The van der Waals surface area contributed by atoms with Gasteiger partial charge in [-0.1, -0.05) is 11.8 Å². The topological polar surface area (TPSA) is 77.3 Å². The lowest BCUT2D eigenvalue weighted by atomic mass is 10.2. The molecule has 6 nitrogen and oxygen atoms in total. The molecular weight excluding hydrogens is 288 g/mol. The highest BCUT2D eigenvalue weighted by molar-refractivity contribution is 8.15. The number of hydrogen-bond donors (Lipinski definition) is 2. The molecule has 0 spiro atoms. The van der Waals surface area contributed by atoms with Crippen molar-refractivity contribution in [3.05, 3.63) is 23.8 Å². The largest absolute Gasteiger partial charge is 0.507 e. The molecule has 0 saturated carbocycles. The van der Waals surface area contributed by atoms with E-state index in [9.17, 15) is 9.90 Å². The van der Waals surface area contributed by atoms with Crippen LogP contribution in [0.3, 0.4) is 0 Å². The zero-order valence-electron chi connectivity index (χ0n) is 12.0. The fourth-order valence-corrected chi connectivity index (χ4v) is 2.58. The molecule has 0 aromatic heterocycles. The van der Waals surface area contributed by atoms with Crippen molar-refractivity contribution in [1.29, 1.82) is 0 Å². The number of nitrogens with one attached hydrogen (secondary N) is 1. The standard InChI is InChI=1S/C14H18N4O2S/c1-3-18(4-2)11-6-5-10(12(19)7-11)8-15-17-14-16-13(20)9-21-14/h5-8,19H,3-4,9H2,1-2H3,(H,16,17,20)/b15-8+. The van der Waals surface area contributed by atoms with E-state index >= 15 is 0 Å². The van der Waals surface area contributed by atoms with Gasteiger partial charge in [-0.25, -0.2) is 0 Å². The Morgan fingerprint density at radius 1 is 1.43 bits per heavy atom. The smallest absolute Gasteiger partial charge is 0.236 e. The van der Waals surface area contributed by atoms with Crippen LogP contribution in [0.4, 0.5) is 5.69 Å². The number of amides is 1. The van der Waals surface area contributed by atoms with Crippen LogP contribution in [0.15, 0.2) is 28.4 Å². The van der Waals surface area contributed by atoms with E-state index in [4.69, 9.17) is 0 Å². The fraction of sp³-hybridized carbons (Fsp3) is 0.357. The van der Waals surface area contributed by atoms with E-state index in [0.717, 1.165) is 18.8 Å². The van der Waals surface area contributed by atoms with E-state index in [1.165, 1.54) is 18.0 Å². The number of rotatable bonds is 5. The second-order valence-electron chi connectivity index (χ2n) is 4.40. The molecule has 1 heterocycles. The van der Waals surface area contributed by atoms with Crippen molar-refractivity contribution in [3.8, 4) is 5.75 Å². The lowest BCUT2D eigenvalue weighted by Gasteiger charge is -2.21. The number of phenols is 1. The molecule has 1 amide bonds. The second kappa shape index (κ2) is 7.12. The molecule has 0 unspecified atom stereocenters. The van der Waals surface area contributed by atoms with Gasteiger partial charge in [-0.05, 0) is 26.0 Å². The van der Waals surface area contributed by atoms with Crippen LogP contribution in [0.2, 0.25) is 0 Å². The second-order valence-corrected chi connectivity index (χ2v) is 5.37. The molecule has 1 aliphatic rings. The number of thioether (sulfide) groups is 1. The van der Waals surface area contributed by atoms with Gasteiger partial charge in [0.2, 0.25) is 5.91 Å². The Morgan fingerprint density at radius 3 is 2.76 bits per heavy atom. The molecule has 112 valence electrons. The van der Waals surface area contributed by atoms with Gasteiger partial charge in [0.1, 0.15) is 5.75 Å². The van der Waals surface area contributed by atoms with Crippen LogP contribution >= 0.6 is 11.8 Å². The number of amidine groups is 1. The van der Waals surface area contributed by atoms with E-state index < -0.39 is 0 Å². The Morgan fingerprint density at radius 2 is 2.19 bits per heavy atom. The lowest BCUT2D eigenvalue weighted by Crippen LogP contribution is -2.21. The summed E-state index contributed by atoms with van der Waals surface area (Å²) in [6, 6.07) is 5.45. The van der Waals surface area contributed by atoms with Crippen LogP contribution in [0, 0.1) is 0 Å². The van der Waals surface area contributed by atoms with Crippen molar-refractivity contribution < 1.29 is 9.90 Å². The Hall–Kier alpha value is -2.02. The molecule has 21 heavy (non-hydrogen) atoms. The number of nitrogens with zero attached hydrogens (tertiary/aromatic N) is 3. The first kappa shape index (κ1) is 15.4. The first-order valence-corrected chi connectivity index (χ1v) is 7.74. The third-order valence-corrected chi connectivity index (χ3v) is 3.94. The highest BCUT2D eigenvalue weighted by Gasteiger charge is 2.15. The Bertz CT molecular complexity index is 582. The summed E-state index contributed by atoms with van der Waals surface area (Å²) in [6.45, 7) is 5.90. The summed E-state index contributed by atoms with van der Waals surface area (Å²) in [6.07, 6.45) is 1.47. The molecule has 1 aromatic carbocycles. The molecule has 0 radical (unpaired) electrons. The van der Waals surface area contributed by atoms with Gasteiger partial charge in [0, 0.05) is 30.4 Å². The summed E-state index contributed by atoms with van der Waals surface area (Å²) in [7, 11) is 0. The summed E-state index contributed by atoms with van der Waals surface area (Å²) in [5.74, 6) is 0.463. The zero-order valence-corrected chi connectivity index (χ0v) is 12.9. The lowest BCUT2D eigenvalue weighted by molar-refractivity contribution is -0.116. The summed E-state index contributed by atoms with van der Waals surface area (Å²) in [5.41, 5.74) is 1.56. The number of phenolic OH excluding ortho intramolecular Hbond substituents is 1. The number of carbonyl (C=O) groups is 1. The predicted octanol–water partition coefficient (Wildman–Crippen LogP) is 1.79. The average Bonchev–Trinajstić information content (AvgIpc) is 2.88. The van der Waals surface area contributed by atoms with Crippen molar-refractivity contribution in [2.24, 2.45) is 10.2 Å². The van der Waals surface area contributed by atoms with E-state index in [-0.39, 0.29) is 11.7 Å². The monoisotopic (exact) mass is 306 g/mol. The van der Waals surface area contributed by atoms with Crippen molar-refractivity contribution >= 4 is 34.7 Å². The Balaban J connectivity index is 2.09. The van der Waals surface area contributed by atoms with Gasteiger partial charge in [-0.2, -0.15) is 5.10 Å². The maximum absolute atomic E-state index is 11.0. The van der Waals surface area contributed by atoms with Crippen LogP contribution in [-0.2, 0) is 4.79 Å². The molecule has 1 aliphatic heterocycles. The van der Waals surface area contributed by atoms with Gasteiger partial charge < -0.3 is 15.3 Å². The molecule has 2 N–H and O–H groups in total. The number of anilines is 1. The van der Waals surface area contributed by atoms with Crippen LogP contribution < -0.4 is 10.2 Å². The predicted molar refractivity (Wildman–Crippen MR) is 87.3 cm³/mol. The molecular formula is C14H18N4O2S. The first-order chi connectivity index (χ1) is 10.1. The van der Waals surface area contributed by atoms with Gasteiger partial charge in [0.25, 0.3) is 0 Å². The molecule has 1 saturated heterocycles. The molecule has 0 aliphatic carbocycles. The van der Waals surface area contributed by atoms with Crippen LogP contribution in [0.5, 0.6) is 5.75 Å². The molecule has 2 rings (SSSR count). The highest BCUT2D eigenvalue weighted by Crippen LogP contribution is 2.23. The minimum absolute atomic E-state index is 0.0691. The van der Waals surface area contributed by atoms with E-state index in [2.05, 4.69) is 34.3 Å². The molecule has 0 atom stereocenters. The fourth-order valence-electron chi connectivity index (χ4n) is 1.95. The third-order valence-electron chi connectivity index (χ3n) is 3.07. The zero-order chi connectivity index (χ0) is 15.2. The number of carbonyl (C=O) groups excluding carboxylic acids is 1. The molecule has 1 aromatic rings. The molecule has 0 bridgehead atoms. The number of hydrogen-bond acceptors (Lipinski definition) is 6. The van der Waals surface area contributed by atoms with Crippen molar-refractivity contribution in [2.45, 2.75) is 13.8 Å². The van der Waals surface area contributed by atoms with E-state index in [1.54, 1.807) is 12.1 Å². The van der Waals surface area contributed by atoms with Gasteiger partial charge in [0.05, 0.1) is 12.0 Å². The SMILES string of the molecule is CCN(CC)c1ccc(/C=N/N=C2NC(=O)CS2)c(O)c1.